The van der Waals surface area contributed by atoms with Gasteiger partial charge in [0, 0.05) is 74.7 Å². The molecule has 11 aromatic rings. The van der Waals surface area contributed by atoms with Crippen molar-refractivity contribution in [3.63, 3.8) is 0 Å². The highest BCUT2D eigenvalue weighted by atomic mass is 32.2. The molecule has 0 aliphatic carbocycles. The molecule has 8 aromatic carbocycles. The van der Waals surface area contributed by atoms with Crippen LogP contribution in [0.2, 0.25) is 0 Å². The molecule has 60 heavy (non-hydrogen) atoms. The Kier molecular flexibility index (Phi) is 7.01. The summed E-state index contributed by atoms with van der Waals surface area (Å²) in [5, 5.41) is 5.08. The van der Waals surface area contributed by atoms with Crippen LogP contribution in [-0.4, -0.2) is 20.8 Å². The quantitative estimate of drug-likeness (QED) is 0.165. The van der Waals surface area contributed by atoms with Crippen LogP contribution in [0.3, 0.4) is 0 Å². The smallest absolute Gasteiger partial charge is 0.250 e. The Labute approximate surface area is 359 Å². The van der Waals surface area contributed by atoms with E-state index in [-0.39, 0.29) is 6.71 Å². The molecule has 7 heteroatoms. The summed E-state index contributed by atoms with van der Waals surface area (Å²) in [6, 6.07) is 63.0. The van der Waals surface area contributed by atoms with Crippen molar-refractivity contribution in [2.24, 2.45) is 0 Å². The molecule has 0 saturated heterocycles. The summed E-state index contributed by atoms with van der Waals surface area (Å²) in [6.07, 6.45) is 4.19. The van der Waals surface area contributed by atoms with Crippen LogP contribution in [0.4, 0.5) is 0 Å². The molecule has 278 valence electrons. The van der Waals surface area contributed by atoms with Gasteiger partial charge >= 0.3 is 0 Å². The zero-order valence-electron chi connectivity index (χ0n) is 32.0. The first kappa shape index (κ1) is 33.5. The van der Waals surface area contributed by atoms with Gasteiger partial charge in [0.25, 0.3) is 0 Å². The number of aromatic nitrogens is 3. The number of pyridine rings is 1. The molecule has 0 bridgehead atoms. The summed E-state index contributed by atoms with van der Waals surface area (Å²) in [6.45, 7) is 0.137. The first-order chi connectivity index (χ1) is 29.8. The fraction of sp³-hybridized carbons (Fsp3) is 0. The topological polar surface area (TPSA) is 22.8 Å². The standard InChI is InChI=1S/C53H30BN3S3/c1-5-20-41-35(16-1)36-17-2-6-21-42(36)56(41)33-14-9-12-31(26-33)39-28-40(32-13-10-15-34(27-32)57-43-22-7-3-18-37(43)38-19-4-8-23-44(38)57)53-51-52(39)59-46-25-11-24-45-49(46)54(51)50-47(58-45)29-55-30-48(50)60-53/h1-30H. The lowest BCUT2D eigenvalue weighted by Crippen LogP contribution is -2.60. The van der Waals surface area contributed by atoms with Gasteiger partial charge in [0.2, 0.25) is 6.71 Å². The lowest BCUT2D eigenvalue weighted by atomic mass is 9.36. The summed E-state index contributed by atoms with van der Waals surface area (Å²) in [5.74, 6) is 0. The number of hydrogen-bond acceptors (Lipinski definition) is 4. The van der Waals surface area contributed by atoms with Crippen LogP contribution in [-0.2, 0) is 0 Å². The Bertz CT molecular complexity index is 3340. The van der Waals surface area contributed by atoms with Crippen molar-refractivity contribution in [1.82, 2.24) is 14.1 Å². The van der Waals surface area contributed by atoms with Crippen LogP contribution in [0.1, 0.15) is 0 Å². The van der Waals surface area contributed by atoms with Crippen LogP contribution in [0.5, 0.6) is 0 Å². The lowest BCUT2D eigenvalue weighted by molar-refractivity contribution is 1.16. The van der Waals surface area contributed by atoms with Gasteiger partial charge in [0.05, 0.1) is 22.1 Å². The van der Waals surface area contributed by atoms with Crippen molar-refractivity contribution >= 4 is 102 Å². The van der Waals surface area contributed by atoms with Crippen LogP contribution in [0, 0.1) is 0 Å². The minimum atomic E-state index is 0.137. The van der Waals surface area contributed by atoms with E-state index in [0.717, 1.165) is 11.4 Å². The molecule has 0 unspecified atom stereocenters. The summed E-state index contributed by atoms with van der Waals surface area (Å²) in [4.78, 5) is 12.7. The van der Waals surface area contributed by atoms with Gasteiger partial charge in [-0.1, -0.05) is 138 Å². The number of para-hydroxylation sites is 4. The van der Waals surface area contributed by atoms with Crippen molar-refractivity contribution in [3.8, 4) is 33.6 Å². The molecule has 14 rings (SSSR count). The molecule has 3 nitrogen and oxygen atoms in total. The monoisotopic (exact) mass is 815 g/mol. The van der Waals surface area contributed by atoms with Crippen LogP contribution in [0.25, 0.3) is 77.2 Å². The largest absolute Gasteiger partial charge is 0.309 e. The fourth-order valence-electron chi connectivity index (χ4n) is 10.2. The highest BCUT2D eigenvalue weighted by molar-refractivity contribution is 8.02. The third-order valence-electron chi connectivity index (χ3n) is 12.7. The van der Waals surface area contributed by atoms with E-state index in [0.29, 0.717) is 0 Å². The summed E-state index contributed by atoms with van der Waals surface area (Å²) in [5.41, 5.74) is 16.4. The Hall–Kier alpha value is -6.38. The van der Waals surface area contributed by atoms with Gasteiger partial charge in [0.1, 0.15) is 0 Å². The Balaban J connectivity index is 1.05. The van der Waals surface area contributed by atoms with E-state index in [1.807, 2.05) is 35.3 Å². The second-order valence-electron chi connectivity index (χ2n) is 15.8. The zero-order valence-corrected chi connectivity index (χ0v) is 34.4. The summed E-state index contributed by atoms with van der Waals surface area (Å²) >= 11 is 5.74. The van der Waals surface area contributed by atoms with Crippen molar-refractivity contribution in [3.05, 3.63) is 182 Å². The van der Waals surface area contributed by atoms with Gasteiger partial charge in [-0.2, -0.15) is 0 Å². The molecule has 0 saturated carbocycles. The minimum absolute atomic E-state index is 0.137. The second kappa shape index (κ2) is 12.6. The molecular formula is C53H30BN3S3. The molecule has 0 radical (unpaired) electrons. The molecule has 0 amide bonds. The Morgan fingerprint density at radius 3 is 1.30 bits per heavy atom. The fourth-order valence-corrected chi connectivity index (χ4v) is 14.2. The maximum absolute atomic E-state index is 4.82. The molecule has 3 aromatic heterocycles. The van der Waals surface area contributed by atoms with Crippen molar-refractivity contribution in [2.45, 2.75) is 29.4 Å². The normalized spacial score (nSPS) is 13.4. The SMILES string of the molecule is c1cc(-c2cc(-c3cccc(-n4c5ccccc5c5ccccc54)c3)c3c4c2Sc2cccc5c2B4c2c(cncc2S3)S5)cc(-n2c3ccccc3c3ccccc32)c1. The van der Waals surface area contributed by atoms with Gasteiger partial charge in [-0.3, -0.25) is 4.98 Å². The first-order valence-corrected chi connectivity index (χ1v) is 22.7. The molecule has 3 aliphatic rings. The number of fused-ring (bicyclic) bond motifs is 6. The lowest BCUT2D eigenvalue weighted by Gasteiger charge is -2.39. The van der Waals surface area contributed by atoms with Crippen LogP contribution >= 0.6 is 35.3 Å². The molecular weight excluding hydrogens is 786 g/mol. The molecule has 0 atom stereocenters. The molecule has 0 N–H and O–H groups in total. The van der Waals surface area contributed by atoms with Crippen LogP contribution in [0.15, 0.2) is 212 Å². The van der Waals surface area contributed by atoms with E-state index in [9.17, 15) is 0 Å². The van der Waals surface area contributed by atoms with E-state index in [1.54, 1.807) is 0 Å². The maximum Gasteiger partial charge on any atom is 0.250 e. The molecule has 6 heterocycles. The Morgan fingerprint density at radius 1 is 0.367 bits per heavy atom. The average Bonchev–Trinajstić information content (AvgIpc) is 3.82. The molecule has 0 fully saturated rings. The summed E-state index contributed by atoms with van der Waals surface area (Å²) < 4.78 is 4.87. The predicted octanol–water partition coefficient (Wildman–Crippen LogP) is 12.5. The zero-order chi connectivity index (χ0) is 39.1. The number of nitrogens with zero attached hydrogens (tertiary/aromatic N) is 3. The highest BCUT2D eigenvalue weighted by Gasteiger charge is 2.45. The van der Waals surface area contributed by atoms with Gasteiger partial charge in [-0.05, 0) is 105 Å². The Morgan fingerprint density at radius 2 is 0.783 bits per heavy atom. The molecule has 3 aliphatic heterocycles. The first-order valence-electron chi connectivity index (χ1n) is 20.3. The third kappa shape index (κ3) is 4.60. The van der Waals surface area contributed by atoms with E-state index >= 15 is 0 Å². The second-order valence-corrected chi connectivity index (χ2v) is 19.0. The van der Waals surface area contributed by atoms with Crippen LogP contribution < -0.4 is 16.4 Å². The predicted molar refractivity (Wildman–Crippen MR) is 254 cm³/mol. The van der Waals surface area contributed by atoms with Gasteiger partial charge < -0.3 is 9.13 Å². The minimum Gasteiger partial charge on any atom is -0.309 e. The number of rotatable bonds is 4. The van der Waals surface area contributed by atoms with Gasteiger partial charge in [-0.25, -0.2) is 0 Å². The van der Waals surface area contributed by atoms with E-state index in [4.69, 9.17) is 4.98 Å². The van der Waals surface area contributed by atoms with Crippen molar-refractivity contribution in [1.29, 1.82) is 0 Å². The number of hydrogen-bond donors (Lipinski definition) is 0. The number of benzene rings is 8. The molecule has 0 spiro atoms. The van der Waals surface area contributed by atoms with Gasteiger partial charge in [-0.15, -0.1) is 0 Å². The highest BCUT2D eigenvalue weighted by Crippen LogP contribution is 2.50. The van der Waals surface area contributed by atoms with Gasteiger partial charge in [0.15, 0.2) is 0 Å². The van der Waals surface area contributed by atoms with E-state index < -0.39 is 0 Å². The van der Waals surface area contributed by atoms with Crippen molar-refractivity contribution < 1.29 is 0 Å². The van der Waals surface area contributed by atoms with Crippen molar-refractivity contribution in [2.75, 3.05) is 0 Å². The van der Waals surface area contributed by atoms with E-state index in [1.165, 1.54) is 112 Å². The maximum atomic E-state index is 4.82. The summed E-state index contributed by atoms with van der Waals surface area (Å²) in [7, 11) is 0. The van der Waals surface area contributed by atoms with E-state index in [2.05, 4.69) is 191 Å². The third-order valence-corrected chi connectivity index (χ3v) is 16.2. The average molecular weight is 816 g/mol.